The number of thiophene rings is 1. The SMILES string of the molecule is CCOC(=O)c1cc(NC(C)c2ccc(C)s2)ccc1N. The van der Waals surface area contributed by atoms with E-state index in [0.717, 1.165) is 5.69 Å². The highest BCUT2D eigenvalue weighted by Crippen LogP contribution is 2.27. The van der Waals surface area contributed by atoms with Gasteiger partial charge in [-0.2, -0.15) is 0 Å². The first kappa shape index (κ1) is 15.4. The van der Waals surface area contributed by atoms with Crippen LogP contribution in [-0.4, -0.2) is 12.6 Å². The van der Waals surface area contributed by atoms with Crippen molar-refractivity contribution in [2.75, 3.05) is 17.7 Å². The summed E-state index contributed by atoms with van der Waals surface area (Å²) in [5.41, 5.74) is 7.52. The summed E-state index contributed by atoms with van der Waals surface area (Å²) in [5.74, 6) is -0.390. The molecule has 1 unspecified atom stereocenters. The van der Waals surface area contributed by atoms with Crippen molar-refractivity contribution in [3.63, 3.8) is 0 Å². The van der Waals surface area contributed by atoms with Crippen LogP contribution in [-0.2, 0) is 4.74 Å². The maximum absolute atomic E-state index is 11.8. The zero-order valence-electron chi connectivity index (χ0n) is 12.5. The van der Waals surface area contributed by atoms with Gasteiger partial charge in [0.2, 0.25) is 0 Å². The lowest BCUT2D eigenvalue weighted by molar-refractivity contribution is 0.0527. The molecule has 0 aliphatic carbocycles. The number of esters is 1. The minimum absolute atomic E-state index is 0.169. The third-order valence-corrected chi connectivity index (χ3v) is 4.30. The van der Waals surface area contributed by atoms with Gasteiger partial charge in [-0.1, -0.05) is 0 Å². The first-order chi connectivity index (χ1) is 10.0. The van der Waals surface area contributed by atoms with E-state index in [1.807, 2.05) is 6.07 Å². The molecule has 0 aliphatic heterocycles. The first-order valence-corrected chi connectivity index (χ1v) is 7.72. The average Bonchev–Trinajstić information content (AvgIpc) is 2.88. The molecule has 112 valence electrons. The Hall–Kier alpha value is -2.01. The van der Waals surface area contributed by atoms with Gasteiger partial charge in [0, 0.05) is 21.1 Å². The minimum atomic E-state index is -0.390. The van der Waals surface area contributed by atoms with Crippen LogP contribution in [0.4, 0.5) is 11.4 Å². The van der Waals surface area contributed by atoms with Crippen LogP contribution in [0.1, 0.15) is 40.0 Å². The average molecular weight is 304 g/mol. The second-order valence-corrected chi connectivity index (χ2v) is 6.16. The molecule has 0 radical (unpaired) electrons. The fourth-order valence-corrected chi connectivity index (χ4v) is 2.92. The van der Waals surface area contributed by atoms with Crippen molar-refractivity contribution in [1.29, 1.82) is 0 Å². The number of nitrogens with two attached hydrogens (primary N) is 1. The number of nitrogen functional groups attached to an aromatic ring is 1. The number of hydrogen-bond acceptors (Lipinski definition) is 5. The van der Waals surface area contributed by atoms with Crippen molar-refractivity contribution >= 4 is 28.7 Å². The predicted molar refractivity (Wildman–Crippen MR) is 87.9 cm³/mol. The van der Waals surface area contributed by atoms with E-state index in [1.54, 1.807) is 30.4 Å². The highest BCUT2D eigenvalue weighted by atomic mass is 32.1. The predicted octanol–water partition coefficient (Wildman–Crippen LogP) is 3.99. The van der Waals surface area contributed by atoms with Gasteiger partial charge in [0.15, 0.2) is 0 Å². The third-order valence-electron chi connectivity index (χ3n) is 3.12. The summed E-state index contributed by atoms with van der Waals surface area (Å²) in [6.07, 6.45) is 0. The number of anilines is 2. The summed E-state index contributed by atoms with van der Waals surface area (Å²) in [5, 5.41) is 3.38. The van der Waals surface area contributed by atoms with Gasteiger partial charge < -0.3 is 15.8 Å². The molecule has 0 aliphatic rings. The molecule has 1 heterocycles. The lowest BCUT2D eigenvalue weighted by Crippen LogP contribution is -2.10. The number of carbonyl (C=O) groups is 1. The van der Waals surface area contributed by atoms with Gasteiger partial charge in [0.1, 0.15) is 0 Å². The molecule has 4 nitrogen and oxygen atoms in total. The Morgan fingerprint density at radius 2 is 2.14 bits per heavy atom. The van der Waals surface area contributed by atoms with Gasteiger partial charge in [0.25, 0.3) is 0 Å². The van der Waals surface area contributed by atoms with E-state index in [-0.39, 0.29) is 6.04 Å². The van der Waals surface area contributed by atoms with Gasteiger partial charge in [0.05, 0.1) is 18.2 Å². The van der Waals surface area contributed by atoms with Gasteiger partial charge in [-0.15, -0.1) is 11.3 Å². The summed E-state index contributed by atoms with van der Waals surface area (Å²) in [6, 6.07) is 9.72. The monoisotopic (exact) mass is 304 g/mol. The van der Waals surface area contributed by atoms with E-state index in [4.69, 9.17) is 10.5 Å². The number of hydrogen-bond donors (Lipinski definition) is 2. The third kappa shape index (κ3) is 3.76. The van der Waals surface area contributed by atoms with Gasteiger partial charge >= 0.3 is 5.97 Å². The van der Waals surface area contributed by atoms with Crippen LogP contribution in [0.3, 0.4) is 0 Å². The van der Waals surface area contributed by atoms with Crippen LogP contribution < -0.4 is 11.1 Å². The van der Waals surface area contributed by atoms with Crippen LogP contribution in [0.25, 0.3) is 0 Å². The van der Waals surface area contributed by atoms with Crippen molar-refractivity contribution in [1.82, 2.24) is 0 Å². The quantitative estimate of drug-likeness (QED) is 0.647. The molecule has 0 bridgehead atoms. The Bertz CT molecular complexity index is 637. The molecule has 0 saturated heterocycles. The van der Waals surface area contributed by atoms with Crippen LogP contribution in [0.15, 0.2) is 30.3 Å². The fraction of sp³-hybridized carbons (Fsp3) is 0.312. The molecule has 0 fully saturated rings. The van der Waals surface area contributed by atoms with E-state index in [1.165, 1.54) is 9.75 Å². The highest BCUT2D eigenvalue weighted by Gasteiger charge is 2.13. The summed E-state index contributed by atoms with van der Waals surface area (Å²) in [7, 11) is 0. The van der Waals surface area contributed by atoms with Gasteiger partial charge in [-0.25, -0.2) is 4.79 Å². The van der Waals surface area contributed by atoms with E-state index in [0.29, 0.717) is 17.9 Å². The van der Waals surface area contributed by atoms with E-state index in [9.17, 15) is 4.79 Å². The normalized spacial score (nSPS) is 12.0. The minimum Gasteiger partial charge on any atom is -0.462 e. The summed E-state index contributed by atoms with van der Waals surface area (Å²) < 4.78 is 5.01. The molecule has 21 heavy (non-hydrogen) atoms. The number of rotatable bonds is 5. The first-order valence-electron chi connectivity index (χ1n) is 6.90. The summed E-state index contributed by atoms with van der Waals surface area (Å²) >= 11 is 1.76. The second-order valence-electron chi connectivity index (χ2n) is 4.84. The Morgan fingerprint density at radius 3 is 2.76 bits per heavy atom. The molecule has 5 heteroatoms. The second kappa shape index (κ2) is 6.63. The number of aryl methyl sites for hydroxylation is 1. The smallest absolute Gasteiger partial charge is 0.340 e. The standard InChI is InChI=1S/C16H20N2O2S/c1-4-20-16(19)13-9-12(6-7-14(13)17)18-11(3)15-8-5-10(2)21-15/h5-9,11,18H,4,17H2,1-3H3. The topological polar surface area (TPSA) is 64.3 Å². The number of benzene rings is 1. The maximum atomic E-state index is 11.8. The van der Waals surface area contributed by atoms with Crippen molar-refractivity contribution in [3.8, 4) is 0 Å². The molecule has 2 rings (SSSR count). The molecule has 3 N–H and O–H groups in total. The number of nitrogens with one attached hydrogen (secondary N) is 1. The largest absolute Gasteiger partial charge is 0.462 e. The van der Waals surface area contributed by atoms with Crippen molar-refractivity contribution < 1.29 is 9.53 Å². The molecule has 1 atom stereocenters. The lowest BCUT2D eigenvalue weighted by atomic mass is 10.1. The fourth-order valence-electron chi connectivity index (χ4n) is 2.04. The highest BCUT2D eigenvalue weighted by molar-refractivity contribution is 7.12. The Labute approximate surface area is 128 Å². The number of carbonyl (C=O) groups excluding carboxylic acids is 1. The van der Waals surface area contributed by atoms with Crippen LogP contribution in [0.2, 0.25) is 0 Å². The van der Waals surface area contributed by atoms with E-state index in [2.05, 4.69) is 31.3 Å². The Morgan fingerprint density at radius 1 is 1.38 bits per heavy atom. The van der Waals surface area contributed by atoms with Crippen molar-refractivity contribution in [3.05, 3.63) is 45.6 Å². The molecule has 0 saturated carbocycles. The van der Waals surface area contributed by atoms with Gasteiger partial charge in [-0.05, 0) is 51.1 Å². The van der Waals surface area contributed by atoms with Crippen molar-refractivity contribution in [2.45, 2.75) is 26.8 Å². The lowest BCUT2D eigenvalue weighted by Gasteiger charge is -2.15. The summed E-state index contributed by atoms with van der Waals surface area (Å²) in [6.45, 7) is 6.28. The molecular weight excluding hydrogens is 284 g/mol. The molecule has 0 amide bonds. The van der Waals surface area contributed by atoms with Gasteiger partial charge in [-0.3, -0.25) is 0 Å². The molecular formula is C16H20N2O2S. The van der Waals surface area contributed by atoms with Crippen LogP contribution in [0, 0.1) is 6.92 Å². The van der Waals surface area contributed by atoms with E-state index < -0.39 is 5.97 Å². The van der Waals surface area contributed by atoms with Crippen LogP contribution in [0.5, 0.6) is 0 Å². The number of ether oxygens (including phenoxy) is 1. The zero-order valence-corrected chi connectivity index (χ0v) is 13.3. The Kier molecular flexibility index (Phi) is 4.85. The summed E-state index contributed by atoms with van der Waals surface area (Å²) in [4.78, 5) is 14.4. The molecule has 1 aromatic carbocycles. The molecule has 0 spiro atoms. The van der Waals surface area contributed by atoms with E-state index >= 15 is 0 Å². The Balaban J connectivity index is 2.17. The maximum Gasteiger partial charge on any atom is 0.340 e. The molecule has 1 aromatic heterocycles. The zero-order chi connectivity index (χ0) is 15.4. The van der Waals surface area contributed by atoms with Crippen LogP contribution >= 0.6 is 11.3 Å². The van der Waals surface area contributed by atoms with Crippen molar-refractivity contribution in [2.24, 2.45) is 0 Å². The molecule has 2 aromatic rings.